The lowest BCUT2D eigenvalue weighted by molar-refractivity contribution is -0.111. The number of aromatic nitrogens is 1. The molecule has 0 radical (unpaired) electrons. The number of carbonyl (C=O) groups excluding carboxylic acids is 1. The number of fused-ring (bicyclic) bond motifs is 1. The summed E-state index contributed by atoms with van der Waals surface area (Å²) >= 11 is 11.9. The van der Waals surface area contributed by atoms with Crippen LogP contribution in [0.3, 0.4) is 0 Å². The number of anilines is 1. The van der Waals surface area contributed by atoms with Gasteiger partial charge in [-0.05, 0) is 66.6 Å². The second kappa shape index (κ2) is 8.11. The molecule has 0 saturated carbocycles. The van der Waals surface area contributed by atoms with E-state index in [2.05, 4.69) is 10.3 Å². The summed E-state index contributed by atoms with van der Waals surface area (Å²) in [5.41, 5.74) is 4.58. The number of oxazole rings is 1. The summed E-state index contributed by atoms with van der Waals surface area (Å²) in [6, 6.07) is 18.1. The van der Waals surface area contributed by atoms with Gasteiger partial charge in [0.15, 0.2) is 5.58 Å². The summed E-state index contributed by atoms with van der Waals surface area (Å²) in [6.45, 7) is 1.91. The van der Waals surface area contributed by atoms with Gasteiger partial charge in [-0.3, -0.25) is 4.79 Å². The Labute approximate surface area is 177 Å². The Morgan fingerprint density at radius 3 is 2.59 bits per heavy atom. The molecular formula is C23H16Cl2N2O2. The maximum atomic E-state index is 12.4. The molecule has 29 heavy (non-hydrogen) atoms. The Balaban J connectivity index is 1.57. The zero-order valence-electron chi connectivity index (χ0n) is 15.4. The van der Waals surface area contributed by atoms with Gasteiger partial charge in [-0.25, -0.2) is 4.98 Å². The third kappa shape index (κ3) is 4.34. The first-order valence-electron chi connectivity index (χ1n) is 8.90. The van der Waals surface area contributed by atoms with Gasteiger partial charge >= 0.3 is 0 Å². The van der Waals surface area contributed by atoms with Crippen molar-refractivity contribution in [3.8, 4) is 11.5 Å². The number of hydrogen-bond acceptors (Lipinski definition) is 3. The third-order valence-electron chi connectivity index (χ3n) is 4.47. The number of halogens is 2. The largest absolute Gasteiger partial charge is 0.436 e. The van der Waals surface area contributed by atoms with Crippen molar-refractivity contribution in [2.45, 2.75) is 6.92 Å². The summed E-state index contributed by atoms with van der Waals surface area (Å²) in [5, 5.41) is 4.16. The molecule has 4 nitrogen and oxygen atoms in total. The molecule has 0 aliphatic rings. The van der Waals surface area contributed by atoms with E-state index in [1.54, 1.807) is 36.4 Å². The quantitative estimate of drug-likeness (QED) is 0.369. The second-order valence-corrected chi connectivity index (χ2v) is 7.36. The van der Waals surface area contributed by atoms with Crippen LogP contribution in [0.25, 0.3) is 28.6 Å². The number of amides is 1. The van der Waals surface area contributed by atoms with Gasteiger partial charge in [-0.1, -0.05) is 41.4 Å². The van der Waals surface area contributed by atoms with E-state index in [4.69, 9.17) is 27.6 Å². The molecule has 4 aromatic rings. The van der Waals surface area contributed by atoms with Crippen molar-refractivity contribution in [1.29, 1.82) is 0 Å². The van der Waals surface area contributed by atoms with Crippen molar-refractivity contribution < 1.29 is 9.21 Å². The molecule has 4 rings (SSSR count). The first-order chi connectivity index (χ1) is 14.0. The van der Waals surface area contributed by atoms with Crippen molar-refractivity contribution in [2.24, 2.45) is 0 Å². The third-order valence-corrected chi connectivity index (χ3v) is 4.96. The summed E-state index contributed by atoms with van der Waals surface area (Å²) in [6.07, 6.45) is 3.21. The maximum absolute atomic E-state index is 12.4. The van der Waals surface area contributed by atoms with Crippen LogP contribution in [0.15, 0.2) is 71.2 Å². The predicted molar refractivity (Wildman–Crippen MR) is 118 cm³/mol. The van der Waals surface area contributed by atoms with Crippen LogP contribution in [-0.2, 0) is 4.79 Å². The van der Waals surface area contributed by atoms with Crippen molar-refractivity contribution in [3.63, 3.8) is 0 Å². The van der Waals surface area contributed by atoms with Gasteiger partial charge in [0.1, 0.15) is 5.52 Å². The van der Waals surface area contributed by atoms with E-state index >= 15 is 0 Å². The lowest BCUT2D eigenvalue weighted by atomic mass is 10.1. The van der Waals surface area contributed by atoms with Crippen LogP contribution in [0.1, 0.15) is 11.1 Å². The Bertz CT molecular complexity index is 1230. The minimum atomic E-state index is -0.232. The Hall–Kier alpha value is -3.08. The van der Waals surface area contributed by atoms with Crippen LogP contribution in [0.2, 0.25) is 10.0 Å². The number of rotatable bonds is 4. The molecule has 0 saturated heterocycles. The van der Waals surface area contributed by atoms with E-state index in [0.29, 0.717) is 32.7 Å². The topological polar surface area (TPSA) is 55.1 Å². The fraction of sp³-hybridized carbons (Fsp3) is 0.0435. The molecule has 0 atom stereocenters. The number of nitrogens with zero attached hydrogens (tertiary/aromatic N) is 1. The fourth-order valence-electron chi connectivity index (χ4n) is 2.94. The summed E-state index contributed by atoms with van der Waals surface area (Å²) in [7, 11) is 0. The van der Waals surface area contributed by atoms with Crippen LogP contribution in [0.5, 0.6) is 0 Å². The first-order valence-corrected chi connectivity index (χ1v) is 9.66. The molecule has 3 aromatic carbocycles. The van der Waals surface area contributed by atoms with Gasteiger partial charge < -0.3 is 9.73 Å². The highest BCUT2D eigenvalue weighted by Gasteiger charge is 2.13. The van der Waals surface area contributed by atoms with Crippen LogP contribution in [0, 0.1) is 6.92 Å². The highest BCUT2D eigenvalue weighted by Crippen LogP contribution is 2.31. The van der Waals surface area contributed by atoms with Crippen molar-refractivity contribution >= 4 is 52.0 Å². The predicted octanol–water partition coefficient (Wildman–Crippen LogP) is 6.76. The van der Waals surface area contributed by atoms with E-state index in [9.17, 15) is 4.79 Å². The van der Waals surface area contributed by atoms with Crippen molar-refractivity contribution in [2.75, 3.05) is 5.32 Å². The van der Waals surface area contributed by atoms with Gasteiger partial charge in [0.25, 0.3) is 0 Å². The average molecular weight is 423 g/mol. The van der Waals surface area contributed by atoms with E-state index in [1.165, 1.54) is 6.08 Å². The number of carbonyl (C=O) groups is 1. The number of nitrogens with one attached hydrogen (secondary N) is 1. The summed E-state index contributed by atoms with van der Waals surface area (Å²) in [4.78, 5) is 16.9. The molecule has 0 aliphatic heterocycles. The lowest BCUT2D eigenvalue weighted by Gasteiger charge is -2.09. The van der Waals surface area contributed by atoms with Crippen LogP contribution >= 0.6 is 23.2 Å². The highest BCUT2D eigenvalue weighted by atomic mass is 35.5. The van der Waals surface area contributed by atoms with Crippen molar-refractivity contribution in [1.82, 2.24) is 4.98 Å². The number of benzene rings is 3. The lowest BCUT2D eigenvalue weighted by Crippen LogP contribution is -2.09. The monoisotopic (exact) mass is 422 g/mol. The van der Waals surface area contributed by atoms with Gasteiger partial charge in [-0.2, -0.15) is 0 Å². The van der Waals surface area contributed by atoms with Crippen LogP contribution < -0.4 is 5.32 Å². The minimum absolute atomic E-state index is 0.232. The SMILES string of the molecule is Cc1c(NC(=O)/C=C/c2ccc(Cl)cc2)cccc1-c1nc2cc(Cl)ccc2o1. The Morgan fingerprint density at radius 1 is 1.03 bits per heavy atom. The van der Waals surface area contributed by atoms with Gasteiger partial charge in [0, 0.05) is 27.4 Å². The molecule has 0 unspecified atom stereocenters. The van der Waals surface area contributed by atoms with Crippen LogP contribution in [-0.4, -0.2) is 10.9 Å². The second-order valence-electron chi connectivity index (χ2n) is 6.48. The molecule has 0 spiro atoms. The minimum Gasteiger partial charge on any atom is -0.436 e. The molecule has 144 valence electrons. The molecule has 6 heteroatoms. The van der Waals surface area contributed by atoms with E-state index in [1.807, 2.05) is 37.3 Å². The standard InChI is InChI=1S/C23H16Cl2N2O2/c1-14-18(23-27-20-13-17(25)10-11-21(20)29-23)3-2-4-19(14)26-22(28)12-7-15-5-8-16(24)9-6-15/h2-13H,1H3,(H,26,28)/b12-7+. The van der Waals surface area contributed by atoms with Crippen molar-refractivity contribution in [3.05, 3.63) is 87.9 Å². The van der Waals surface area contributed by atoms with Crippen LogP contribution in [0.4, 0.5) is 5.69 Å². The molecule has 1 heterocycles. The maximum Gasteiger partial charge on any atom is 0.248 e. The molecular weight excluding hydrogens is 407 g/mol. The Kier molecular flexibility index (Phi) is 5.38. The molecule has 1 aromatic heterocycles. The first kappa shape index (κ1) is 19.2. The summed E-state index contributed by atoms with van der Waals surface area (Å²) < 4.78 is 5.86. The van der Waals surface area contributed by atoms with Gasteiger partial charge in [0.05, 0.1) is 0 Å². The molecule has 1 amide bonds. The van der Waals surface area contributed by atoms with Gasteiger partial charge in [0.2, 0.25) is 11.8 Å². The molecule has 1 N–H and O–H groups in total. The van der Waals surface area contributed by atoms with E-state index in [-0.39, 0.29) is 5.91 Å². The summed E-state index contributed by atoms with van der Waals surface area (Å²) in [5.74, 6) is 0.247. The smallest absolute Gasteiger partial charge is 0.248 e. The van der Waals surface area contributed by atoms with Gasteiger partial charge in [-0.15, -0.1) is 0 Å². The molecule has 0 aliphatic carbocycles. The zero-order chi connectivity index (χ0) is 20.4. The highest BCUT2D eigenvalue weighted by molar-refractivity contribution is 6.31. The fourth-order valence-corrected chi connectivity index (χ4v) is 3.23. The van der Waals surface area contributed by atoms with E-state index in [0.717, 1.165) is 16.7 Å². The molecule has 0 bridgehead atoms. The molecule has 0 fully saturated rings. The van der Waals surface area contributed by atoms with E-state index < -0.39 is 0 Å². The number of hydrogen-bond donors (Lipinski definition) is 1. The normalized spacial score (nSPS) is 11.3. The average Bonchev–Trinajstić information content (AvgIpc) is 3.12. The zero-order valence-corrected chi connectivity index (χ0v) is 17.0. The Morgan fingerprint density at radius 2 is 1.79 bits per heavy atom.